The van der Waals surface area contributed by atoms with E-state index in [1.54, 1.807) is 48.7 Å². The third-order valence-electron chi connectivity index (χ3n) is 4.16. The van der Waals surface area contributed by atoms with E-state index in [1.807, 2.05) is 20.8 Å². The molecule has 3 rings (SSSR count). The highest BCUT2D eigenvalue weighted by molar-refractivity contribution is 7.15. The standard InChI is InChI=1S/C22H22FN3O2S/c1-22(2,3)20(28)25-16-9-6-8-15(11-16)19(27)26-21-24-13-17(29-21)12-14-7-4-5-10-18(14)23/h4-11,13H,12H2,1-3H3,(H,25,28)(H,24,26,27). The van der Waals surface area contributed by atoms with E-state index in [0.717, 1.165) is 4.88 Å². The monoisotopic (exact) mass is 411 g/mol. The maximum atomic E-state index is 13.8. The number of hydrogen-bond acceptors (Lipinski definition) is 4. The van der Waals surface area contributed by atoms with Crippen LogP contribution in [0.2, 0.25) is 0 Å². The average molecular weight is 412 g/mol. The topological polar surface area (TPSA) is 71.1 Å². The van der Waals surface area contributed by atoms with Gasteiger partial charge < -0.3 is 5.32 Å². The number of nitrogens with one attached hydrogen (secondary N) is 2. The van der Waals surface area contributed by atoms with Crippen molar-refractivity contribution in [3.8, 4) is 0 Å². The predicted molar refractivity (Wildman–Crippen MR) is 114 cm³/mol. The molecule has 0 bridgehead atoms. The number of rotatable bonds is 5. The highest BCUT2D eigenvalue weighted by Crippen LogP contribution is 2.23. The van der Waals surface area contributed by atoms with E-state index in [-0.39, 0.29) is 17.6 Å². The van der Waals surface area contributed by atoms with Crippen LogP contribution < -0.4 is 10.6 Å². The molecule has 150 valence electrons. The lowest BCUT2D eigenvalue weighted by molar-refractivity contribution is -0.123. The molecule has 0 saturated heterocycles. The normalized spacial score (nSPS) is 11.2. The molecule has 7 heteroatoms. The van der Waals surface area contributed by atoms with Gasteiger partial charge in [0.05, 0.1) is 0 Å². The van der Waals surface area contributed by atoms with Gasteiger partial charge >= 0.3 is 0 Å². The van der Waals surface area contributed by atoms with Crippen LogP contribution in [0.1, 0.15) is 41.6 Å². The van der Waals surface area contributed by atoms with Crippen molar-refractivity contribution in [2.45, 2.75) is 27.2 Å². The maximum absolute atomic E-state index is 13.8. The molecular formula is C22H22FN3O2S. The van der Waals surface area contributed by atoms with Crippen molar-refractivity contribution in [1.82, 2.24) is 4.98 Å². The Morgan fingerprint density at radius 2 is 1.83 bits per heavy atom. The minimum atomic E-state index is -0.534. The Hall–Kier alpha value is -3.06. The second-order valence-electron chi connectivity index (χ2n) is 7.64. The Morgan fingerprint density at radius 1 is 1.07 bits per heavy atom. The van der Waals surface area contributed by atoms with E-state index < -0.39 is 5.41 Å². The summed E-state index contributed by atoms with van der Waals surface area (Å²) in [5.74, 6) is -0.725. The van der Waals surface area contributed by atoms with Gasteiger partial charge in [0.1, 0.15) is 5.82 Å². The summed E-state index contributed by atoms with van der Waals surface area (Å²) >= 11 is 1.30. The van der Waals surface area contributed by atoms with Gasteiger partial charge in [-0.1, -0.05) is 45.0 Å². The molecule has 0 radical (unpaired) electrons. The van der Waals surface area contributed by atoms with Crippen LogP contribution in [0, 0.1) is 11.2 Å². The van der Waals surface area contributed by atoms with Crippen molar-refractivity contribution in [3.63, 3.8) is 0 Å². The summed E-state index contributed by atoms with van der Waals surface area (Å²) in [6, 6.07) is 13.3. The number of carbonyl (C=O) groups excluding carboxylic acids is 2. The van der Waals surface area contributed by atoms with Gasteiger partial charge in [0.25, 0.3) is 5.91 Å². The molecule has 2 aromatic carbocycles. The molecule has 0 aliphatic carbocycles. The van der Waals surface area contributed by atoms with Crippen LogP contribution in [0.5, 0.6) is 0 Å². The number of hydrogen-bond donors (Lipinski definition) is 2. The van der Waals surface area contributed by atoms with E-state index in [4.69, 9.17) is 0 Å². The predicted octanol–water partition coefficient (Wildman–Crippen LogP) is 5.11. The molecule has 1 heterocycles. The van der Waals surface area contributed by atoms with Crippen molar-refractivity contribution in [1.29, 1.82) is 0 Å². The number of halogens is 1. The number of thiazole rings is 1. The molecule has 29 heavy (non-hydrogen) atoms. The summed E-state index contributed by atoms with van der Waals surface area (Å²) in [6.07, 6.45) is 2.04. The number of benzene rings is 2. The van der Waals surface area contributed by atoms with Crippen LogP contribution >= 0.6 is 11.3 Å². The fraction of sp³-hybridized carbons (Fsp3) is 0.227. The Balaban J connectivity index is 1.66. The Kier molecular flexibility index (Phi) is 6.08. The molecule has 1 aromatic heterocycles. The average Bonchev–Trinajstić information content (AvgIpc) is 3.10. The van der Waals surface area contributed by atoms with E-state index in [1.165, 1.54) is 17.4 Å². The minimum Gasteiger partial charge on any atom is -0.326 e. The largest absolute Gasteiger partial charge is 0.326 e. The van der Waals surface area contributed by atoms with Gasteiger partial charge in [0.2, 0.25) is 5.91 Å². The highest BCUT2D eigenvalue weighted by Gasteiger charge is 2.21. The van der Waals surface area contributed by atoms with Crippen molar-refractivity contribution >= 4 is 34.0 Å². The molecular weight excluding hydrogens is 389 g/mol. The van der Waals surface area contributed by atoms with Crippen molar-refractivity contribution < 1.29 is 14.0 Å². The molecule has 2 N–H and O–H groups in total. The summed E-state index contributed by atoms with van der Waals surface area (Å²) in [4.78, 5) is 29.7. The van der Waals surface area contributed by atoms with Gasteiger partial charge in [-0.3, -0.25) is 14.9 Å². The van der Waals surface area contributed by atoms with Crippen molar-refractivity contribution in [3.05, 3.63) is 76.5 Å². The van der Waals surface area contributed by atoms with Gasteiger partial charge in [-0.25, -0.2) is 9.37 Å². The van der Waals surface area contributed by atoms with Crippen LogP contribution in [0.25, 0.3) is 0 Å². The lowest BCUT2D eigenvalue weighted by Crippen LogP contribution is -2.27. The van der Waals surface area contributed by atoms with Gasteiger partial charge in [-0.2, -0.15) is 0 Å². The van der Waals surface area contributed by atoms with Gasteiger partial charge in [0.15, 0.2) is 5.13 Å². The zero-order chi connectivity index (χ0) is 21.0. The molecule has 0 atom stereocenters. The third kappa shape index (κ3) is 5.48. The van der Waals surface area contributed by atoms with E-state index in [9.17, 15) is 14.0 Å². The minimum absolute atomic E-state index is 0.132. The van der Waals surface area contributed by atoms with Crippen molar-refractivity contribution in [2.24, 2.45) is 5.41 Å². The van der Waals surface area contributed by atoms with Gasteiger partial charge in [0, 0.05) is 34.2 Å². The molecule has 0 saturated carbocycles. The molecule has 5 nitrogen and oxygen atoms in total. The Bertz CT molecular complexity index is 1040. The zero-order valence-electron chi connectivity index (χ0n) is 16.5. The molecule has 0 fully saturated rings. The van der Waals surface area contributed by atoms with Crippen molar-refractivity contribution in [2.75, 3.05) is 10.6 Å². The SMILES string of the molecule is CC(C)(C)C(=O)Nc1cccc(C(=O)Nc2ncc(Cc3ccccc3F)s2)c1. The fourth-order valence-corrected chi connectivity index (χ4v) is 3.33. The fourth-order valence-electron chi connectivity index (χ4n) is 2.50. The van der Waals surface area contributed by atoms with Crippen LogP contribution in [0.3, 0.4) is 0 Å². The Morgan fingerprint density at radius 3 is 2.55 bits per heavy atom. The number of nitrogens with zero attached hydrogens (tertiary/aromatic N) is 1. The third-order valence-corrected chi connectivity index (χ3v) is 5.07. The lowest BCUT2D eigenvalue weighted by atomic mass is 9.95. The smallest absolute Gasteiger partial charge is 0.257 e. The first-order valence-electron chi connectivity index (χ1n) is 9.13. The molecule has 0 aliphatic rings. The molecule has 0 unspecified atom stereocenters. The van der Waals surface area contributed by atoms with Crippen LogP contribution in [0.15, 0.2) is 54.7 Å². The first kappa shape index (κ1) is 20.7. The number of amides is 2. The first-order chi connectivity index (χ1) is 13.7. The number of aromatic nitrogens is 1. The molecule has 0 spiro atoms. The second-order valence-corrected chi connectivity index (χ2v) is 8.75. The van der Waals surface area contributed by atoms with E-state index >= 15 is 0 Å². The number of carbonyl (C=O) groups is 2. The lowest BCUT2D eigenvalue weighted by Gasteiger charge is -2.17. The number of anilines is 2. The van der Waals surface area contributed by atoms with Gasteiger partial charge in [-0.15, -0.1) is 11.3 Å². The Labute approximate surface area is 173 Å². The van der Waals surface area contributed by atoms with E-state index in [2.05, 4.69) is 15.6 Å². The molecule has 3 aromatic rings. The van der Waals surface area contributed by atoms with Crippen LogP contribution in [-0.2, 0) is 11.2 Å². The van der Waals surface area contributed by atoms with Gasteiger partial charge in [-0.05, 0) is 29.8 Å². The highest BCUT2D eigenvalue weighted by atomic mass is 32.1. The zero-order valence-corrected chi connectivity index (χ0v) is 17.3. The quantitative estimate of drug-likeness (QED) is 0.613. The van der Waals surface area contributed by atoms with E-state index in [0.29, 0.717) is 28.4 Å². The first-order valence-corrected chi connectivity index (χ1v) is 9.95. The summed E-state index contributed by atoms with van der Waals surface area (Å²) in [6.45, 7) is 5.46. The maximum Gasteiger partial charge on any atom is 0.257 e. The molecule has 2 amide bonds. The second kappa shape index (κ2) is 8.53. The summed E-state index contributed by atoms with van der Waals surface area (Å²) in [5.41, 5.74) is 1.00. The van der Waals surface area contributed by atoms with Crippen LogP contribution in [-0.4, -0.2) is 16.8 Å². The summed E-state index contributed by atoms with van der Waals surface area (Å²) in [5, 5.41) is 6.00. The van der Waals surface area contributed by atoms with Crippen LogP contribution in [0.4, 0.5) is 15.2 Å². The summed E-state index contributed by atoms with van der Waals surface area (Å²) in [7, 11) is 0. The summed E-state index contributed by atoms with van der Waals surface area (Å²) < 4.78 is 13.8. The molecule has 0 aliphatic heterocycles.